The van der Waals surface area contributed by atoms with Crippen LogP contribution in [0.5, 0.6) is 0 Å². The molecule has 0 aromatic heterocycles. The molecule has 0 radical (unpaired) electrons. The molecule has 0 atom stereocenters. The zero-order chi connectivity index (χ0) is 16.1. The minimum Gasteiger partial charge on any atom is -0.379 e. The van der Waals surface area contributed by atoms with E-state index in [0.717, 1.165) is 44.8 Å². The number of amides is 1. The Hall–Kier alpha value is -1.50. The van der Waals surface area contributed by atoms with Gasteiger partial charge < -0.3 is 9.64 Å². The molecule has 0 aliphatic carbocycles. The van der Waals surface area contributed by atoms with E-state index in [0.29, 0.717) is 26.3 Å². The number of hydrogen-bond acceptors (Lipinski definition) is 4. The third kappa shape index (κ3) is 4.50. The summed E-state index contributed by atoms with van der Waals surface area (Å²) in [5.74, 6) is 0.0377. The number of carbonyl (C=O) groups is 1. The van der Waals surface area contributed by atoms with Gasteiger partial charge in [-0.25, -0.2) is 4.39 Å². The van der Waals surface area contributed by atoms with Crippen molar-refractivity contribution >= 4 is 5.91 Å². The molecule has 2 fully saturated rings. The summed E-state index contributed by atoms with van der Waals surface area (Å²) in [6, 6.07) is 6.89. The summed E-state index contributed by atoms with van der Waals surface area (Å²) in [5, 5.41) is 0. The normalized spacial score (nSPS) is 20.7. The number of benzene rings is 1. The van der Waals surface area contributed by atoms with E-state index in [1.807, 2.05) is 17.0 Å². The predicted molar refractivity (Wildman–Crippen MR) is 85.5 cm³/mol. The van der Waals surface area contributed by atoms with E-state index in [4.69, 9.17) is 4.74 Å². The summed E-state index contributed by atoms with van der Waals surface area (Å²) in [4.78, 5) is 18.6. The fourth-order valence-corrected chi connectivity index (χ4v) is 3.07. The molecule has 2 saturated heterocycles. The second-order valence-corrected chi connectivity index (χ2v) is 6.14. The van der Waals surface area contributed by atoms with Gasteiger partial charge in [0, 0.05) is 51.4 Å². The number of hydrogen-bond donors (Lipinski definition) is 0. The molecule has 0 saturated carbocycles. The minimum absolute atomic E-state index is 0.154. The van der Waals surface area contributed by atoms with Crippen LogP contribution in [0.15, 0.2) is 24.3 Å². The van der Waals surface area contributed by atoms with Crippen LogP contribution < -0.4 is 0 Å². The number of carbonyl (C=O) groups excluding carboxylic acids is 1. The van der Waals surface area contributed by atoms with Gasteiger partial charge in [-0.2, -0.15) is 0 Å². The SMILES string of the molecule is O=C(CN1CCOCC1)N1CCN(Cc2ccccc2F)CC1. The van der Waals surface area contributed by atoms with Crippen molar-refractivity contribution < 1.29 is 13.9 Å². The van der Waals surface area contributed by atoms with Crippen LogP contribution in [0.25, 0.3) is 0 Å². The molecule has 0 unspecified atom stereocenters. The number of halogens is 1. The first-order chi connectivity index (χ1) is 11.2. The molecule has 2 aliphatic heterocycles. The van der Waals surface area contributed by atoms with E-state index in [2.05, 4.69) is 9.80 Å². The fourth-order valence-electron chi connectivity index (χ4n) is 3.07. The monoisotopic (exact) mass is 321 g/mol. The lowest BCUT2D eigenvalue weighted by Crippen LogP contribution is -2.52. The Morgan fingerprint density at radius 1 is 1.00 bits per heavy atom. The molecule has 0 N–H and O–H groups in total. The van der Waals surface area contributed by atoms with Gasteiger partial charge in [0.2, 0.25) is 5.91 Å². The lowest BCUT2D eigenvalue weighted by Gasteiger charge is -2.36. The molecule has 1 aromatic rings. The van der Waals surface area contributed by atoms with Crippen LogP contribution in [0.4, 0.5) is 4.39 Å². The largest absolute Gasteiger partial charge is 0.379 e. The highest BCUT2D eigenvalue weighted by Crippen LogP contribution is 2.12. The average Bonchev–Trinajstić information content (AvgIpc) is 2.58. The summed E-state index contributed by atoms with van der Waals surface area (Å²) in [6.45, 7) is 7.21. The highest BCUT2D eigenvalue weighted by Gasteiger charge is 2.23. The molecule has 2 heterocycles. The summed E-state index contributed by atoms with van der Waals surface area (Å²) in [5.41, 5.74) is 0.723. The summed E-state index contributed by atoms with van der Waals surface area (Å²) >= 11 is 0. The Balaban J connectivity index is 1.44. The van der Waals surface area contributed by atoms with Crippen molar-refractivity contribution in [1.29, 1.82) is 0 Å². The molecule has 23 heavy (non-hydrogen) atoms. The Morgan fingerprint density at radius 2 is 1.70 bits per heavy atom. The van der Waals surface area contributed by atoms with E-state index in [9.17, 15) is 9.18 Å². The van der Waals surface area contributed by atoms with Gasteiger partial charge in [-0.05, 0) is 6.07 Å². The Bertz CT molecular complexity index is 526. The second-order valence-electron chi connectivity index (χ2n) is 6.14. The summed E-state index contributed by atoms with van der Waals surface area (Å²) in [7, 11) is 0. The van der Waals surface area contributed by atoms with Crippen LogP contribution in [0.2, 0.25) is 0 Å². The topological polar surface area (TPSA) is 36.0 Å². The standard InChI is InChI=1S/C17H24FN3O2/c18-16-4-2-1-3-15(16)13-19-5-7-21(8-6-19)17(22)14-20-9-11-23-12-10-20/h1-4H,5-14H2. The Morgan fingerprint density at radius 3 is 2.39 bits per heavy atom. The zero-order valence-electron chi connectivity index (χ0n) is 13.4. The molecule has 126 valence electrons. The smallest absolute Gasteiger partial charge is 0.236 e. The van der Waals surface area contributed by atoms with Gasteiger partial charge >= 0.3 is 0 Å². The van der Waals surface area contributed by atoms with Crippen molar-refractivity contribution in [2.45, 2.75) is 6.54 Å². The number of ether oxygens (including phenoxy) is 1. The molecule has 3 rings (SSSR count). The van der Waals surface area contributed by atoms with Gasteiger partial charge in [0.05, 0.1) is 19.8 Å². The quantitative estimate of drug-likeness (QED) is 0.822. The number of rotatable bonds is 4. The van der Waals surface area contributed by atoms with E-state index >= 15 is 0 Å². The minimum atomic E-state index is -0.154. The third-order valence-electron chi connectivity index (χ3n) is 4.54. The van der Waals surface area contributed by atoms with Crippen LogP contribution in [-0.4, -0.2) is 79.6 Å². The molecular formula is C17H24FN3O2. The Labute approximate surface area is 136 Å². The fraction of sp³-hybridized carbons (Fsp3) is 0.588. The van der Waals surface area contributed by atoms with Crippen molar-refractivity contribution in [2.24, 2.45) is 0 Å². The molecule has 5 nitrogen and oxygen atoms in total. The van der Waals surface area contributed by atoms with Gasteiger partial charge in [-0.15, -0.1) is 0 Å². The molecule has 1 amide bonds. The molecule has 1 aromatic carbocycles. The lowest BCUT2D eigenvalue weighted by atomic mass is 10.2. The Kier molecular flexibility index (Phi) is 5.59. The van der Waals surface area contributed by atoms with Gasteiger partial charge in [-0.1, -0.05) is 18.2 Å². The van der Waals surface area contributed by atoms with Crippen LogP contribution in [0.1, 0.15) is 5.56 Å². The van der Waals surface area contributed by atoms with E-state index in [1.54, 1.807) is 6.07 Å². The first-order valence-corrected chi connectivity index (χ1v) is 8.26. The number of nitrogens with zero attached hydrogens (tertiary/aromatic N) is 3. The van der Waals surface area contributed by atoms with Crippen molar-refractivity contribution in [3.05, 3.63) is 35.6 Å². The maximum absolute atomic E-state index is 13.7. The average molecular weight is 321 g/mol. The number of morpholine rings is 1. The van der Waals surface area contributed by atoms with E-state index < -0.39 is 0 Å². The van der Waals surface area contributed by atoms with Crippen molar-refractivity contribution in [3.8, 4) is 0 Å². The van der Waals surface area contributed by atoms with Crippen molar-refractivity contribution in [1.82, 2.24) is 14.7 Å². The van der Waals surface area contributed by atoms with E-state index in [1.165, 1.54) is 6.07 Å². The van der Waals surface area contributed by atoms with Crippen LogP contribution >= 0.6 is 0 Å². The van der Waals surface area contributed by atoms with Crippen LogP contribution in [0.3, 0.4) is 0 Å². The summed E-state index contributed by atoms with van der Waals surface area (Å²) < 4.78 is 19.0. The first-order valence-electron chi connectivity index (χ1n) is 8.26. The zero-order valence-corrected chi connectivity index (χ0v) is 13.4. The highest BCUT2D eigenvalue weighted by molar-refractivity contribution is 5.78. The van der Waals surface area contributed by atoms with Gasteiger partial charge in [0.1, 0.15) is 5.82 Å². The highest BCUT2D eigenvalue weighted by atomic mass is 19.1. The predicted octanol–water partition coefficient (Wildman–Crippen LogP) is 0.802. The lowest BCUT2D eigenvalue weighted by molar-refractivity contribution is -0.135. The van der Waals surface area contributed by atoms with Crippen molar-refractivity contribution in [3.63, 3.8) is 0 Å². The second kappa shape index (κ2) is 7.86. The molecule has 6 heteroatoms. The molecular weight excluding hydrogens is 297 g/mol. The van der Waals surface area contributed by atoms with Gasteiger partial charge in [0.15, 0.2) is 0 Å². The molecule has 0 bridgehead atoms. The number of piperazine rings is 1. The molecule has 0 spiro atoms. The maximum Gasteiger partial charge on any atom is 0.236 e. The van der Waals surface area contributed by atoms with Gasteiger partial charge in [-0.3, -0.25) is 14.6 Å². The third-order valence-corrected chi connectivity index (χ3v) is 4.54. The van der Waals surface area contributed by atoms with Crippen LogP contribution in [0, 0.1) is 5.82 Å². The first kappa shape index (κ1) is 16.4. The molecule has 2 aliphatic rings. The van der Waals surface area contributed by atoms with E-state index in [-0.39, 0.29) is 11.7 Å². The van der Waals surface area contributed by atoms with Crippen molar-refractivity contribution in [2.75, 3.05) is 59.0 Å². The summed E-state index contributed by atoms with van der Waals surface area (Å²) in [6.07, 6.45) is 0. The maximum atomic E-state index is 13.7. The van der Waals surface area contributed by atoms with Gasteiger partial charge in [0.25, 0.3) is 0 Å². The van der Waals surface area contributed by atoms with Crippen LogP contribution in [-0.2, 0) is 16.1 Å².